The molecule has 1 aromatic carbocycles. The molecule has 0 aromatic heterocycles. The van der Waals surface area contributed by atoms with Crippen molar-refractivity contribution in [3.8, 4) is 5.75 Å². The lowest BCUT2D eigenvalue weighted by atomic mass is 10.1. The number of hydrogen-bond donors (Lipinski definition) is 2. The molecule has 1 aliphatic heterocycles. The molecule has 124 valence electrons. The smallest absolute Gasteiger partial charge is 0.223 e. The summed E-state index contributed by atoms with van der Waals surface area (Å²) in [7, 11) is 1.52. The van der Waals surface area contributed by atoms with Gasteiger partial charge in [0.15, 0.2) is 0 Å². The van der Waals surface area contributed by atoms with E-state index in [0.717, 1.165) is 6.54 Å². The van der Waals surface area contributed by atoms with Gasteiger partial charge in [0.1, 0.15) is 11.6 Å². The van der Waals surface area contributed by atoms with Gasteiger partial charge in [-0.25, -0.2) is 4.39 Å². The fraction of sp³-hybridized carbons (Fsp3) is 0.533. The molecule has 1 amide bonds. The third kappa shape index (κ3) is 5.12. The van der Waals surface area contributed by atoms with Crippen LogP contribution in [-0.4, -0.2) is 38.8 Å². The van der Waals surface area contributed by atoms with Crippen molar-refractivity contribution in [1.29, 1.82) is 0 Å². The summed E-state index contributed by atoms with van der Waals surface area (Å²) in [6.45, 7) is 3.90. The Hall–Kier alpha value is -1.37. The van der Waals surface area contributed by atoms with E-state index in [1.165, 1.54) is 19.2 Å². The van der Waals surface area contributed by atoms with Gasteiger partial charge in [-0.15, -0.1) is 12.4 Å². The Morgan fingerprint density at radius 2 is 2.36 bits per heavy atom. The van der Waals surface area contributed by atoms with Crippen LogP contribution in [0.25, 0.3) is 0 Å². The first-order valence-electron chi connectivity index (χ1n) is 7.05. The van der Waals surface area contributed by atoms with Crippen molar-refractivity contribution >= 4 is 18.3 Å². The number of rotatable bonds is 5. The molecular formula is C15H22ClFN2O3. The number of halogens is 2. The first-order chi connectivity index (χ1) is 10.1. The second-order valence-electron chi connectivity index (χ2n) is 5.08. The van der Waals surface area contributed by atoms with Gasteiger partial charge in [0, 0.05) is 18.7 Å². The SMILES string of the molecule is COc1ccc(F)cc1C(C)NC(=O)CC1CNCCO1.Cl. The van der Waals surface area contributed by atoms with Crippen LogP contribution in [0.1, 0.15) is 24.9 Å². The fourth-order valence-corrected chi connectivity index (χ4v) is 2.38. The third-order valence-electron chi connectivity index (χ3n) is 3.45. The van der Waals surface area contributed by atoms with Crippen LogP contribution in [-0.2, 0) is 9.53 Å². The molecule has 2 unspecified atom stereocenters. The van der Waals surface area contributed by atoms with Crippen molar-refractivity contribution in [3.63, 3.8) is 0 Å². The van der Waals surface area contributed by atoms with Gasteiger partial charge in [0.05, 0.1) is 32.3 Å². The van der Waals surface area contributed by atoms with E-state index < -0.39 is 0 Å². The number of benzene rings is 1. The number of amides is 1. The highest BCUT2D eigenvalue weighted by atomic mass is 35.5. The van der Waals surface area contributed by atoms with Crippen LogP contribution in [0.5, 0.6) is 5.75 Å². The van der Waals surface area contributed by atoms with Crippen LogP contribution in [0.15, 0.2) is 18.2 Å². The van der Waals surface area contributed by atoms with Crippen molar-refractivity contribution < 1.29 is 18.7 Å². The zero-order chi connectivity index (χ0) is 15.2. The Bertz CT molecular complexity index is 496. The zero-order valence-corrected chi connectivity index (χ0v) is 13.5. The molecule has 2 N–H and O–H groups in total. The minimum absolute atomic E-state index is 0. The molecule has 7 heteroatoms. The van der Waals surface area contributed by atoms with Gasteiger partial charge >= 0.3 is 0 Å². The van der Waals surface area contributed by atoms with Crippen molar-refractivity contribution in [2.45, 2.75) is 25.5 Å². The molecule has 1 aliphatic rings. The van der Waals surface area contributed by atoms with Crippen LogP contribution in [0.2, 0.25) is 0 Å². The average molecular weight is 333 g/mol. The number of ether oxygens (including phenoxy) is 2. The molecule has 0 radical (unpaired) electrons. The van der Waals surface area contributed by atoms with E-state index in [1.54, 1.807) is 13.0 Å². The van der Waals surface area contributed by atoms with Crippen LogP contribution in [0.4, 0.5) is 4.39 Å². The van der Waals surface area contributed by atoms with Crippen molar-refractivity contribution in [1.82, 2.24) is 10.6 Å². The standard InChI is InChI=1S/C15H21FN2O3.ClH/c1-10(13-7-11(16)3-4-14(13)20-2)18-15(19)8-12-9-17-5-6-21-12;/h3-4,7,10,12,17H,5-6,8-9H2,1-2H3,(H,18,19);1H. The highest BCUT2D eigenvalue weighted by Crippen LogP contribution is 2.25. The first-order valence-corrected chi connectivity index (χ1v) is 7.05. The molecule has 1 saturated heterocycles. The molecule has 5 nitrogen and oxygen atoms in total. The Kier molecular flexibility index (Phi) is 7.58. The van der Waals surface area contributed by atoms with E-state index in [0.29, 0.717) is 24.5 Å². The van der Waals surface area contributed by atoms with E-state index in [1.807, 2.05) is 0 Å². The van der Waals surface area contributed by atoms with Crippen molar-refractivity contribution in [3.05, 3.63) is 29.6 Å². The van der Waals surface area contributed by atoms with Gasteiger partial charge in [0.2, 0.25) is 5.91 Å². The second kappa shape index (κ2) is 8.92. The number of nitrogens with one attached hydrogen (secondary N) is 2. The lowest BCUT2D eigenvalue weighted by Crippen LogP contribution is -2.41. The van der Waals surface area contributed by atoms with Crippen LogP contribution in [0, 0.1) is 5.82 Å². The summed E-state index contributed by atoms with van der Waals surface area (Å²) in [5, 5.41) is 6.03. The van der Waals surface area contributed by atoms with E-state index in [4.69, 9.17) is 9.47 Å². The molecule has 2 atom stereocenters. The van der Waals surface area contributed by atoms with Crippen LogP contribution in [0.3, 0.4) is 0 Å². The largest absolute Gasteiger partial charge is 0.496 e. The molecule has 1 fully saturated rings. The Labute approximate surface area is 136 Å². The van der Waals surface area contributed by atoms with E-state index in [2.05, 4.69) is 10.6 Å². The van der Waals surface area contributed by atoms with Crippen LogP contribution >= 0.6 is 12.4 Å². The minimum Gasteiger partial charge on any atom is -0.496 e. The predicted octanol–water partition coefficient (Wildman–Crippen LogP) is 1.81. The summed E-state index contributed by atoms with van der Waals surface area (Å²) in [4.78, 5) is 12.0. The van der Waals surface area contributed by atoms with Gasteiger partial charge in [-0.05, 0) is 25.1 Å². The second-order valence-corrected chi connectivity index (χ2v) is 5.08. The quantitative estimate of drug-likeness (QED) is 0.863. The maximum atomic E-state index is 13.4. The van der Waals surface area contributed by atoms with Gasteiger partial charge in [-0.3, -0.25) is 4.79 Å². The van der Waals surface area contributed by atoms with Gasteiger partial charge in [0.25, 0.3) is 0 Å². The maximum Gasteiger partial charge on any atom is 0.223 e. The zero-order valence-electron chi connectivity index (χ0n) is 12.7. The van der Waals surface area contributed by atoms with Crippen LogP contribution < -0.4 is 15.4 Å². The highest BCUT2D eigenvalue weighted by molar-refractivity contribution is 5.85. The van der Waals surface area contributed by atoms with Gasteiger partial charge < -0.3 is 20.1 Å². The molecule has 0 aliphatic carbocycles. The third-order valence-corrected chi connectivity index (χ3v) is 3.45. The number of carbonyl (C=O) groups is 1. The monoisotopic (exact) mass is 332 g/mol. The minimum atomic E-state index is -0.355. The van der Waals surface area contributed by atoms with E-state index in [-0.39, 0.29) is 42.7 Å². The van der Waals surface area contributed by atoms with Crippen molar-refractivity contribution in [2.24, 2.45) is 0 Å². The normalized spacial score (nSPS) is 19.0. The summed E-state index contributed by atoms with van der Waals surface area (Å²) in [5.41, 5.74) is 0.619. The fourth-order valence-electron chi connectivity index (χ4n) is 2.38. The number of methoxy groups -OCH3 is 1. The topological polar surface area (TPSA) is 59.6 Å². The van der Waals surface area contributed by atoms with E-state index >= 15 is 0 Å². The molecule has 0 spiro atoms. The van der Waals surface area contributed by atoms with E-state index in [9.17, 15) is 9.18 Å². The highest BCUT2D eigenvalue weighted by Gasteiger charge is 2.20. The maximum absolute atomic E-state index is 13.4. The lowest BCUT2D eigenvalue weighted by Gasteiger charge is -2.24. The first kappa shape index (κ1) is 18.7. The lowest BCUT2D eigenvalue weighted by molar-refractivity contribution is -0.125. The molecule has 1 aromatic rings. The summed E-state index contributed by atoms with van der Waals surface area (Å²) in [6, 6.07) is 3.93. The summed E-state index contributed by atoms with van der Waals surface area (Å²) < 4.78 is 24.0. The Morgan fingerprint density at radius 3 is 3.00 bits per heavy atom. The summed E-state index contributed by atoms with van der Waals surface area (Å²) in [5.74, 6) is 0.0778. The number of morpholine rings is 1. The van der Waals surface area contributed by atoms with Crippen molar-refractivity contribution in [2.75, 3.05) is 26.8 Å². The molecule has 2 rings (SSSR count). The number of carbonyl (C=O) groups excluding carboxylic acids is 1. The number of hydrogen-bond acceptors (Lipinski definition) is 4. The van der Waals surface area contributed by atoms with Gasteiger partial charge in [-0.1, -0.05) is 0 Å². The van der Waals surface area contributed by atoms with Gasteiger partial charge in [-0.2, -0.15) is 0 Å². The Morgan fingerprint density at radius 1 is 1.59 bits per heavy atom. The molecule has 1 heterocycles. The summed E-state index contributed by atoms with van der Waals surface area (Å²) >= 11 is 0. The molecule has 0 bridgehead atoms. The Balaban J connectivity index is 0.00000242. The average Bonchev–Trinajstić information content (AvgIpc) is 2.48. The molecule has 22 heavy (non-hydrogen) atoms. The molecule has 0 saturated carbocycles. The summed E-state index contributed by atoms with van der Waals surface area (Å²) in [6.07, 6.45) is 0.176. The predicted molar refractivity (Wildman–Crippen MR) is 84.0 cm³/mol. The molecular weight excluding hydrogens is 311 g/mol.